The van der Waals surface area contributed by atoms with Crippen LogP contribution in [-0.4, -0.2) is 54.3 Å². The maximum absolute atomic E-state index is 13.0. The highest BCUT2D eigenvalue weighted by Gasteiger charge is 2.31. The molecule has 1 saturated heterocycles. The molecule has 1 fully saturated rings. The molecule has 2 N–H and O–H groups in total. The zero-order valence-electron chi connectivity index (χ0n) is 21.4. The number of halogens is 3. The molecule has 4 rings (SSSR count). The number of rotatable bonds is 9. The number of nitrogens with zero attached hydrogens (tertiary/aromatic N) is 3. The first kappa shape index (κ1) is 26.9. The van der Waals surface area contributed by atoms with Gasteiger partial charge in [0.25, 0.3) is 0 Å². The van der Waals surface area contributed by atoms with Gasteiger partial charge >= 0.3 is 6.18 Å². The SMILES string of the molecule is CC(C)(O)c1cccc(-c2ccnc(NCCCCN3CCN(c4cccc(C(F)(F)F)c4)CC3)c2)c1. The molecule has 0 unspecified atom stereocenters. The van der Waals surface area contributed by atoms with E-state index in [4.69, 9.17) is 0 Å². The minimum Gasteiger partial charge on any atom is -0.386 e. The van der Waals surface area contributed by atoms with E-state index < -0.39 is 17.3 Å². The molecule has 2 aromatic carbocycles. The Morgan fingerprint density at radius 1 is 0.865 bits per heavy atom. The summed E-state index contributed by atoms with van der Waals surface area (Å²) in [5, 5.41) is 13.7. The summed E-state index contributed by atoms with van der Waals surface area (Å²) in [5.74, 6) is 0.820. The van der Waals surface area contributed by atoms with Gasteiger partial charge in [0.1, 0.15) is 5.82 Å². The fraction of sp³-hybridized carbons (Fsp3) is 0.414. The molecule has 0 amide bonds. The molecule has 1 aromatic heterocycles. The number of anilines is 2. The zero-order chi connectivity index (χ0) is 26.5. The Labute approximate surface area is 216 Å². The molecule has 8 heteroatoms. The number of aliphatic hydroxyl groups is 1. The van der Waals surface area contributed by atoms with Gasteiger partial charge in [-0.3, -0.25) is 4.90 Å². The van der Waals surface area contributed by atoms with Crippen LogP contribution in [0.3, 0.4) is 0 Å². The van der Waals surface area contributed by atoms with Crippen LogP contribution in [-0.2, 0) is 11.8 Å². The number of aromatic nitrogens is 1. The summed E-state index contributed by atoms with van der Waals surface area (Å²) in [5.41, 5.74) is 2.10. The number of hydrogen-bond acceptors (Lipinski definition) is 5. The highest BCUT2D eigenvalue weighted by molar-refractivity contribution is 5.67. The van der Waals surface area contributed by atoms with Gasteiger partial charge < -0.3 is 15.3 Å². The van der Waals surface area contributed by atoms with Crippen LogP contribution in [0.5, 0.6) is 0 Å². The van der Waals surface area contributed by atoms with Crippen LogP contribution < -0.4 is 10.2 Å². The standard InChI is InChI=1S/C29H35F3N4O/c1-28(2,37)24-8-5-7-22(19-24)23-11-13-34-27(20-23)33-12-3-4-14-35-15-17-36(18-16-35)26-10-6-9-25(21-26)29(30,31)32/h5-11,13,19-21,37H,3-4,12,14-18H2,1-2H3,(H,33,34). The monoisotopic (exact) mass is 512 g/mol. The Bertz CT molecular complexity index is 1170. The minimum absolute atomic E-state index is 0.595. The third-order valence-electron chi connectivity index (χ3n) is 6.78. The van der Waals surface area contributed by atoms with Crippen LogP contribution >= 0.6 is 0 Å². The lowest BCUT2D eigenvalue weighted by Crippen LogP contribution is -2.46. The van der Waals surface area contributed by atoms with E-state index in [0.717, 1.165) is 80.7 Å². The molecule has 198 valence electrons. The molecule has 3 aromatic rings. The molecule has 0 radical (unpaired) electrons. The normalized spacial score (nSPS) is 15.1. The largest absolute Gasteiger partial charge is 0.416 e. The lowest BCUT2D eigenvalue weighted by molar-refractivity contribution is -0.137. The van der Waals surface area contributed by atoms with E-state index in [-0.39, 0.29) is 0 Å². The molecular weight excluding hydrogens is 477 g/mol. The minimum atomic E-state index is -4.31. The van der Waals surface area contributed by atoms with Crippen LogP contribution in [0.1, 0.15) is 37.8 Å². The van der Waals surface area contributed by atoms with E-state index in [2.05, 4.69) is 15.2 Å². The average molecular weight is 513 g/mol. The van der Waals surface area contributed by atoms with Gasteiger partial charge in [0.15, 0.2) is 0 Å². The summed E-state index contributed by atoms with van der Waals surface area (Å²) < 4.78 is 39.0. The molecule has 2 heterocycles. The Kier molecular flexibility index (Phi) is 8.39. The van der Waals surface area contributed by atoms with Crippen LogP contribution in [0.2, 0.25) is 0 Å². The highest BCUT2D eigenvalue weighted by Crippen LogP contribution is 2.32. The molecule has 37 heavy (non-hydrogen) atoms. The van der Waals surface area contributed by atoms with Gasteiger partial charge in [-0.25, -0.2) is 4.98 Å². The summed E-state index contributed by atoms with van der Waals surface area (Å²) in [6.07, 6.45) is -0.499. The number of benzene rings is 2. The molecule has 1 aliphatic rings. The first-order valence-electron chi connectivity index (χ1n) is 12.8. The average Bonchev–Trinajstić information content (AvgIpc) is 2.88. The van der Waals surface area contributed by atoms with Gasteiger partial charge in [-0.2, -0.15) is 13.2 Å². The Morgan fingerprint density at radius 2 is 1.57 bits per heavy atom. The summed E-state index contributed by atoms with van der Waals surface area (Å²) in [7, 11) is 0. The number of unbranched alkanes of at least 4 members (excludes halogenated alkanes) is 1. The van der Waals surface area contributed by atoms with Crippen molar-refractivity contribution in [3.8, 4) is 11.1 Å². The molecule has 0 saturated carbocycles. The fourth-order valence-electron chi connectivity index (χ4n) is 4.57. The Hall–Kier alpha value is -3.10. The van der Waals surface area contributed by atoms with Crippen LogP contribution in [0.25, 0.3) is 11.1 Å². The van der Waals surface area contributed by atoms with E-state index in [9.17, 15) is 18.3 Å². The number of nitrogens with one attached hydrogen (secondary N) is 1. The summed E-state index contributed by atoms with van der Waals surface area (Å²) in [4.78, 5) is 8.84. The maximum Gasteiger partial charge on any atom is 0.416 e. The summed E-state index contributed by atoms with van der Waals surface area (Å²) in [6, 6.07) is 17.5. The Morgan fingerprint density at radius 3 is 2.30 bits per heavy atom. The van der Waals surface area contributed by atoms with Gasteiger partial charge in [0.2, 0.25) is 0 Å². The van der Waals surface area contributed by atoms with Crippen molar-refractivity contribution >= 4 is 11.5 Å². The smallest absolute Gasteiger partial charge is 0.386 e. The zero-order valence-corrected chi connectivity index (χ0v) is 21.4. The van der Waals surface area contributed by atoms with Crippen molar-refractivity contribution in [3.63, 3.8) is 0 Å². The second-order valence-electron chi connectivity index (χ2n) is 10.1. The number of piperazine rings is 1. The third-order valence-corrected chi connectivity index (χ3v) is 6.78. The summed E-state index contributed by atoms with van der Waals surface area (Å²) in [6.45, 7) is 8.48. The topological polar surface area (TPSA) is 51.6 Å². The van der Waals surface area contributed by atoms with E-state index in [0.29, 0.717) is 5.69 Å². The molecule has 0 bridgehead atoms. The number of hydrogen-bond donors (Lipinski definition) is 2. The molecule has 0 spiro atoms. The number of alkyl halides is 3. The fourth-order valence-corrected chi connectivity index (χ4v) is 4.57. The second-order valence-corrected chi connectivity index (χ2v) is 10.1. The van der Waals surface area contributed by atoms with E-state index in [1.165, 1.54) is 12.1 Å². The van der Waals surface area contributed by atoms with Crippen molar-refractivity contribution in [1.29, 1.82) is 0 Å². The summed E-state index contributed by atoms with van der Waals surface area (Å²) >= 11 is 0. The Balaban J connectivity index is 1.20. The first-order valence-corrected chi connectivity index (χ1v) is 12.8. The van der Waals surface area contributed by atoms with Crippen molar-refractivity contribution in [2.45, 2.75) is 38.5 Å². The predicted molar refractivity (Wildman–Crippen MR) is 143 cm³/mol. The van der Waals surface area contributed by atoms with Crippen molar-refractivity contribution in [2.75, 3.05) is 49.5 Å². The predicted octanol–water partition coefficient (Wildman–Crippen LogP) is 6.01. The number of pyridine rings is 1. The van der Waals surface area contributed by atoms with Crippen molar-refractivity contribution in [3.05, 3.63) is 78.0 Å². The van der Waals surface area contributed by atoms with E-state index in [1.54, 1.807) is 26.1 Å². The van der Waals surface area contributed by atoms with E-state index >= 15 is 0 Å². The molecule has 5 nitrogen and oxygen atoms in total. The highest BCUT2D eigenvalue weighted by atomic mass is 19.4. The first-order chi connectivity index (χ1) is 17.6. The van der Waals surface area contributed by atoms with Gasteiger partial charge in [-0.05, 0) is 86.3 Å². The van der Waals surface area contributed by atoms with E-state index in [1.807, 2.05) is 41.3 Å². The van der Waals surface area contributed by atoms with Gasteiger partial charge in [0.05, 0.1) is 11.2 Å². The second kappa shape index (κ2) is 11.5. The third kappa shape index (κ3) is 7.46. The lowest BCUT2D eigenvalue weighted by atomic mass is 9.94. The van der Waals surface area contributed by atoms with Crippen molar-refractivity contribution < 1.29 is 18.3 Å². The van der Waals surface area contributed by atoms with Crippen molar-refractivity contribution in [1.82, 2.24) is 9.88 Å². The van der Waals surface area contributed by atoms with Crippen molar-refractivity contribution in [2.24, 2.45) is 0 Å². The maximum atomic E-state index is 13.0. The van der Waals surface area contributed by atoms with Gasteiger partial charge in [-0.1, -0.05) is 24.3 Å². The molecule has 1 aliphatic heterocycles. The molecule has 0 atom stereocenters. The van der Waals surface area contributed by atoms with Crippen LogP contribution in [0.4, 0.5) is 24.7 Å². The molecular formula is C29H35F3N4O. The molecule has 0 aliphatic carbocycles. The lowest BCUT2D eigenvalue weighted by Gasteiger charge is -2.36. The van der Waals surface area contributed by atoms with Gasteiger partial charge in [-0.15, -0.1) is 0 Å². The van der Waals surface area contributed by atoms with Gasteiger partial charge in [0, 0.05) is 44.6 Å². The van der Waals surface area contributed by atoms with Crippen LogP contribution in [0.15, 0.2) is 66.9 Å². The quantitative estimate of drug-likeness (QED) is 0.344. The van der Waals surface area contributed by atoms with Crippen LogP contribution in [0, 0.1) is 0 Å².